The molecule has 0 radical (unpaired) electrons. The van der Waals surface area contributed by atoms with Crippen LogP contribution in [0.15, 0.2) is 23.4 Å². The predicted molar refractivity (Wildman–Crippen MR) is 64.4 cm³/mol. The molecular formula is C10H16N4O2S. The molecule has 1 fully saturated rings. The van der Waals surface area contributed by atoms with Crippen molar-refractivity contribution in [1.29, 1.82) is 0 Å². The number of nitrogens with two attached hydrogens (primary N) is 1. The zero-order valence-electron chi connectivity index (χ0n) is 9.46. The van der Waals surface area contributed by atoms with Gasteiger partial charge < -0.3 is 5.73 Å². The molecule has 17 heavy (non-hydrogen) atoms. The minimum atomic E-state index is -3.65. The second-order valence-corrected chi connectivity index (χ2v) is 5.62. The van der Waals surface area contributed by atoms with Gasteiger partial charge in [-0.05, 0) is 25.0 Å². The first-order valence-corrected chi connectivity index (χ1v) is 7.06. The quantitative estimate of drug-likeness (QED) is 0.814. The molecule has 0 spiro atoms. The number of nitrogen functional groups attached to an aromatic ring is 1. The summed E-state index contributed by atoms with van der Waals surface area (Å²) in [6.45, 7) is 1.46. The van der Waals surface area contributed by atoms with Gasteiger partial charge in [0.15, 0.2) is 5.03 Å². The third kappa shape index (κ3) is 2.93. The summed E-state index contributed by atoms with van der Waals surface area (Å²) in [7, 11) is -3.65. The Hall–Kier alpha value is -1.18. The Morgan fingerprint density at radius 3 is 2.65 bits per heavy atom. The maximum atomic E-state index is 12.0. The summed E-state index contributed by atoms with van der Waals surface area (Å²) in [5.41, 5.74) is 5.78. The van der Waals surface area contributed by atoms with E-state index < -0.39 is 10.0 Å². The van der Waals surface area contributed by atoms with Gasteiger partial charge in [0.2, 0.25) is 0 Å². The van der Waals surface area contributed by atoms with Crippen LogP contribution in [0.5, 0.6) is 0 Å². The first-order chi connectivity index (χ1) is 8.09. The number of nitrogens with zero attached hydrogens (tertiary/aromatic N) is 2. The Morgan fingerprint density at radius 2 is 2.00 bits per heavy atom. The molecule has 2 rings (SSSR count). The minimum absolute atomic E-state index is 0.106. The molecule has 1 saturated heterocycles. The van der Waals surface area contributed by atoms with E-state index in [1.165, 1.54) is 12.3 Å². The SMILES string of the molecule is Nc1cccnc1S(=O)(=O)NN1CCCCC1. The highest BCUT2D eigenvalue weighted by Gasteiger charge is 2.22. The molecule has 1 aliphatic heterocycles. The van der Waals surface area contributed by atoms with E-state index in [4.69, 9.17) is 5.73 Å². The van der Waals surface area contributed by atoms with Gasteiger partial charge >= 0.3 is 0 Å². The molecule has 0 amide bonds. The van der Waals surface area contributed by atoms with E-state index in [1.807, 2.05) is 0 Å². The van der Waals surface area contributed by atoms with Crippen LogP contribution in [-0.2, 0) is 10.0 Å². The molecule has 1 aromatic heterocycles. The maximum absolute atomic E-state index is 12.0. The Bertz CT molecular complexity index is 483. The number of anilines is 1. The van der Waals surface area contributed by atoms with Gasteiger partial charge in [-0.25, -0.2) is 18.4 Å². The van der Waals surface area contributed by atoms with Crippen molar-refractivity contribution in [1.82, 2.24) is 14.8 Å². The third-order valence-electron chi connectivity index (χ3n) is 2.66. The summed E-state index contributed by atoms with van der Waals surface area (Å²) < 4.78 is 24.1. The number of aromatic nitrogens is 1. The predicted octanol–water partition coefficient (Wildman–Crippen LogP) is 0.343. The Kier molecular flexibility index (Phi) is 3.60. The highest BCUT2D eigenvalue weighted by atomic mass is 32.2. The Labute approximate surface area is 101 Å². The molecule has 1 aliphatic rings. The first kappa shape index (κ1) is 12.3. The summed E-state index contributed by atoms with van der Waals surface area (Å²) in [5, 5.41) is 1.60. The Balaban J connectivity index is 2.16. The van der Waals surface area contributed by atoms with E-state index in [2.05, 4.69) is 9.82 Å². The lowest BCUT2D eigenvalue weighted by Gasteiger charge is -2.26. The van der Waals surface area contributed by atoms with Crippen LogP contribution in [0.25, 0.3) is 0 Å². The number of piperidine rings is 1. The third-order valence-corrected chi connectivity index (χ3v) is 4.01. The molecule has 0 unspecified atom stereocenters. The Morgan fingerprint density at radius 1 is 1.29 bits per heavy atom. The van der Waals surface area contributed by atoms with Gasteiger partial charge in [-0.2, -0.15) is 0 Å². The smallest absolute Gasteiger partial charge is 0.273 e. The normalized spacial score (nSPS) is 18.1. The van der Waals surface area contributed by atoms with E-state index >= 15 is 0 Å². The van der Waals surface area contributed by atoms with Gasteiger partial charge in [0.1, 0.15) is 0 Å². The molecule has 0 aliphatic carbocycles. The van der Waals surface area contributed by atoms with Crippen LogP contribution in [0.1, 0.15) is 19.3 Å². The fourth-order valence-electron chi connectivity index (χ4n) is 1.83. The average molecular weight is 256 g/mol. The van der Waals surface area contributed by atoms with Crippen molar-refractivity contribution in [2.24, 2.45) is 0 Å². The average Bonchev–Trinajstić information content (AvgIpc) is 2.30. The molecule has 1 aromatic rings. The second-order valence-electron chi connectivity index (χ2n) is 4.04. The van der Waals surface area contributed by atoms with Crippen LogP contribution in [0.3, 0.4) is 0 Å². The fraction of sp³-hybridized carbons (Fsp3) is 0.500. The van der Waals surface area contributed by atoms with Crippen molar-refractivity contribution in [3.63, 3.8) is 0 Å². The number of hydrazine groups is 1. The van der Waals surface area contributed by atoms with Gasteiger partial charge in [-0.1, -0.05) is 6.42 Å². The number of hydrogen-bond donors (Lipinski definition) is 2. The monoisotopic (exact) mass is 256 g/mol. The van der Waals surface area contributed by atoms with Crippen molar-refractivity contribution in [2.45, 2.75) is 24.3 Å². The molecule has 0 atom stereocenters. The van der Waals surface area contributed by atoms with Crippen LogP contribution >= 0.6 is 0 Å². The largest absolute Gasteiger partial charge is 0.396 e. The zero-order chi connectivity index (χ0) is 12.3. The highest BCUT2D eigenvalue weighted by Crippen LogP contribution is 2.15. The van der Waals surface area contributed by atoms with E-state index in [-0.39, 0.29) is 10.7 Å². The number of pyridine rings is 1. The zero-order valence-corrected chi connectivity index (χ0v) is 10.3. The van der Waals surface area contributed by atoms with Gasteiger partial charge in [0.05, 0.1) is 5.69 Å². The van der Waals surface area contributed by atoms with Crippen LogP contribution < -0.4 is 10.6 Å². The van der Waals surface area contributed by atoms with E-state index in [1.54, 1.807) is 11.1 Å². The number of hydrogen-bond acceptors (Lipinski definition) is 5. The summed E-state index contributed by atoms with van der Waals surface area (Å²) in [6, 6.07) is 3.13. The topological polar surface area (TPSA) is 88.3 Å². The van der Waals surface area contributed by atoms with Gasteiger partial charge in [0.25, 0.3) is 10.0 Å². The highest BCUT2D eigenvalue weighted by molar-refractivity contribution is 7.89. The summed E-state index contributed by atoms with van der Waals surface area (Å²) in [5.74, 6) is 0. The number of sulfonamides is 1. The minimum Gasteiger partial charge on any atom is -0.396 e. The molecule has 0 bridgehead atoms. The first-order valence-electron chi connectivity index (χ1n) is 5.57. The van der Waals surface area contributed by atoms with Crippen molar-refractivity contribution >= 4 is 15.7 Å². The lowest BCUT2D eigenvalue weighted by Crippen LogP contribution is -2.45. The van der Waals surface area contributed by atoms with E-state index in [0.29, 0.717) is 0 Å². The standard InChI is InChI=1S/C10H16N4O2S/c11-9-5-4-6-12-10(9)17(15,16)13-14-7-2-1-3-8-14/h4-6,13H,1-3,7-8,11H2. The van der Waals surface area contributed by atoms with Crippen LogP contribution in [0.2, 0.25) is 0 Å². The fourth-order valence-corrected chi connectivity index (χ4v) is 3.01. The lowest BCUT2D eigenvalue weighted by molar-refractivity contribution is 0.199. The van der Waals surface area contributed by atoms with Crippen LogP contribution in [0, 0.1) is 0 Å². The summed E-state index contributed by atoms with van der Waals surface area (Å²) >= 11 is 0. The van der Waals surface area contributed by atoms with Crippen molar-refractivity contribution in [2.75, 3.05) is 18.8 Å². The molecule has 0 saturated carbocycles. The second kappa shape index (κ2) is 4.99. The summed E-state index contributed by atoms with van der Waals surface area (Å²) in [4.78, 5) is 6.33. The van der Waals surface area contributed by atoms with Gasteiger partial charge in [0, 0.05) is 19.3 Å². The number of nitrogens with one attached hydrogen (secondary N) is 1. The lowest BCUT2D eigenvalue weighted by atomic mass is 10.2. The van der Waals surface area contributed by atoms with Crippen LogP contribution in [0.4, 0.5) is 5.69 Å². The molecular weight excluding hydrogens is 240 g/mol. The van der Waals surface area contributed by atoms with Crippen LogP contribution in [-0.4, -0.2) is 31.5 Å². The van der Waals surface area contributed by atoms with Gasteiger partial charge in [-0.3, -0.25) is 0 Å². The molecule has 6 nitrogen and oxygen atoms in total. The molecule has 0 aromatic carbocycles. The van der Waals surface area contributed by atoms with Crippen molar-refractivity contribution in [3.8, 4) is 0 Å². The molecule has 7 heteroatoms. The van der Waals surface area contributed by atoms with Crippen molar-refractivity contribution < 1.29 is 8.42 Å². The number of rotatable bonds is 3. The molecule has 2 heterocycles. The van der Waals surface area contributed by atoms with Crippen molar-refractivity contribution in [3.05, 3.63) is 18.3 Å². The van der Waals surface area contributed by atoms with E-state index in [9.17, 15) is 8.42 Å². The summed E-state index contributed by atoms with van der Waals surface area (Å²) in [6.07, 6.45) is 4.56. The molecule has 94 valence electrons. The maximum Gasteiger partial charge on any atom is 0.273 e. The molecule has 3 N–H and O–H groups in total. The van der Waals surface area contributed by atoms with E-state index in [0.717, 1.165) is 32.4 Å². The van der Waals surface area contributed by atoms with Gasteiger partial charge in [-0.15, -0.1) is 4.83 Å².